The summed E-state index contributed by atoms with van der Waals surface area (Å²) in [6.07, 6.45) is 0.182. The van der Waals surface area contributed by atoms with Gasteiger partial charge in [0.2, 0.25) is 5.82 Å². The first-order valence-electron chi connectivity index (χ1n) is 6.64. The van der Waals surface area contributed by atoms with E-state index in [-0.39, 0.29) is 4.49 Å². The Morgan fingerprint density at radius 3 is 1.83 bits per heavy atom. The lowest BCUT2D eigenvalue weighted by molar-refractivity contribution is -0.315. The SMILES string of the molecule is CC1(C)C(C=C(Cl)Cl)C1(Cc1c(F)c(F)c(F)c(F)c1F)C(=O)[O-]. The van der Waals surface area contributed by atoms with Crippen molar-refractivity contribution >= 4 is 29.2 Å². The number of aliphatic carboxylic acids is 1. The van der Waals surface area contributed by atoms with Crippen LogP contribution in [0.4, 0.5) is 22.0 Å². The summed E-state index contributed by atoms with van der Waals surface area (Å²) in [6.45, 7) is 2.87. The van der Waals surface area contributed by atoms with Crippen LogP contribution in [0.3, 0.4) is 0 Å². The predicted octanol–water partition coefficient (Wildman–Crippen LogP) is 3.64. The van der Waals surface area contributed by atoms with E-state index in [1.54, 1.807) is 0 Å². The standard InChI is InChI=1S/C15H11Cl2F5O2/c1-14(2)6(3-7(16)17)15(14,13(23)24)4-5-8(18)10(20)12(22)11(21)9(5)19/h3,6H,4H2,1-2H3,(H,23,24)/p-1. The molecule has 2 atom stereocenters. The molecule has 1 fully saturated rings. The summed E-state index contributed by atoms with van der Waals surface area (Å²) in [5.74, 6) is -13.4. The Hall–Kier alpha value is -1.34. The van der Waals surface area contributed by atoms with Gasteiger partial charge in [-0.05, 0) is 23.8 Å². The second kappa shape index (κ2) is 5.88. The van der Waals surface area contributed by atoms with Gasteiger partial charge in [0.25, 0.3) is 0 Å². The van der Waals surface area contributed by atoms with Crippen LogP contribution in [0.5, 0.6) is 0 Å². The molecule has 2 rings (SSSR count). The van der Waals surface area contributed by atoms with Crippen LogP contribution in [-0.2, 0) is 11.2 Å². The fraction of sp³-hybridized carbons (Fsp3) is 0.400. The number of carboxylic acids is 1. The van der Waals surface area contributed by atoms with Gasteiger partial charge < -0.3 is 9.90 Å². The maximum atomic E-state index is 13.9. The lowest BCUT2D eigenvalue weighted by Crippen LogP contribution is -2.38. The molecule has 2 nitrogen and oxygen atoms in total. The minimum absolute atomic E-state index is 0.284. The van der Waals surface area contributed by atoms with E-state index in [1.165, 1.54) is 13.8 Å². The highest BCUT2D eigenvalue weighted by Gasteiger charge is 2.71. The normalized spacial score (nSPS) is 24.6. The van der Waals surface area contributed by atoms with Crippen LogP contribution in [0.25, 0.3) is 0 Å². The van der Waals surface area contributed by atoms with E-state index in [9.17, 15) is 31.9 Å². The number of hydrogen-bond donors (Lipinski definition) is 0. The molecule has 9 heteroatoms. The Morgan fingerprint density at radius 1 is 1.04 bits per heavy atom. The van der Waals surface area contributed by atoms with Crippen molar-refractivity contribution in [3.63, 3.8) is 0 Å². The van der Waals surface area contributed by atoms with Crippen molar-refractivity contribution in [2.24, 2.45) is 16.7 Å². The quantitative estimate of drug-likeness (QED) is 0.449. The average Bonchev–Trinajstić information content (AvgIpc) is 2.94. The lowest BCUT2D eigenvalue weighted by atomic mass is 9.88. The molecular formula is C15H10Cl2F5O2-. The van der Waals surface area contributed by atoms with Crippen LogP contribution in [0.2, 0.25) is 0 Å². The van der Waals surface area contributed by atoms with E-state index in [2.05, 4.69) is 0 Å². The van der Waals surface area contributed by atoms with Crippen molar-refractivity contribution in [1.82, 2.24) is 0 Å². The molecule has 1 aliphatic carbocycles. The van der Waals surface area contributed by atoms with Gasteiger partial charge in [0.15, 0.2) is 23.3 Å². The summed E-state index contributed by atoms with van der Waals surface area (Å²) in [5.41, 5.74) is -4.26. The first kappa shape index (κ1) is 19.0. The summed E-state index contributed by atoms with van der Waals surface area (Å²) >= 11 is 11.0. The third-order valence-corrected chi connectivity index (χ3v) is 5.04. The molecule has 0 bridgehead atoms. The van der Waals surface area contributed by atoms with Crippen LogP contribution < -0.4 is 5.11 Å². The highest BCUT2D eigenvalue weighted by Crippen LogP contribution is 2.71. The van der Waals surface area contributed by atoms with E-state index in [0.717, 1.165) is 6.08 Å². The molecule has 1 saturated carbocycles. The molecule has 0 heterocycles. The van der Waals surface area contributed by atoms with Crippen molar-refractivity contribution < 1.29 is 31.9 Å². The predicted molar refractivity (Wildman–Crippen MR) is 74.4 cm³/mol. The number of carbonyl (C=O) groups is 1. The van der Waals surface area contributed by atoms with E-state index in [1.807, 2.05) is 0 Å². The number of carboxylic acid groups (broad SMARTS) is 1. The fourth-order valence-corrected chi connectivity index (χ4v) is 3.51. The summed E-state index contributed by atoms with van der Waals surface area (Å²) in [4.78, 5) is 11.6. The topological polar surface area (TPSA) is 40.1 Å². The maximum Gasteiger partial charge on any atom is 0.200 e. The second-order valence-electron chi connectivity index (χ2n) is 6.14. The van der Waals surface area contributed by atoms with Crippen LogP contribution >= 0.6 is 23.2 Å². The Balaban J connectivity index is 2.61. The zero-order valence-electron chi connectivity index (χ0n) is 12.3. The largest absolute Gasteiger partial charge is 0.549 e. The van der Waals surface area contributed by atoms with Gasteiger partial charge in [-0.3, -0.25) is 0 Å². The van der Waals surface area contributed by atoms with Crippen LogP contribution in [-0.4, -0.2) is 5.97 Å². The molecule has 1 aromatic carbocycles. The highest BCUT2D eigenvalue weighted by molar-refractivity contribution is 6.55. The smallest absolute Gasteiger partial charge is 0.200 e. The molecule has 0 amide bonds. The average molecular weight is 388 g/mol. The van der Waals surface area contributed by atoms with Gasteiger partial charge >= 0.3 is 0 Å². The number of hydrogen-bond acceptors (Lipinski definition) is 2. The maximum absolute atomic E-state index is 13.9. The first-order valence-corrected chi connectivity index (χ1v) is 7.39. The van der Waals surface area contributed by atoms with E-state index >= 15 is 0 Å². The van der Waals surface area contributed by atoms with Crippen molar-refractivity contribution in [2.75, 3.05) is 0 Å². The Bertz CT molecular complexity index is 730. The van der Waals surface area contributed by atoms with Crippen molar-refractivity contribution in [3.8, 4) is 0 Å². The number of allylic oxidation sites excluding steroid dienone is 1. The molecule has 0 radical (unpaired) electrons. The Kier molecular flexibility index (Phi) is 4.65. The summed E-state index contributed by atoms with van der Waals surface area (Å²) in [7, 11) is 0. The second-order valence-corrected chi connectivity index (χ2v) is 7.15. The van der Waals surface area contributed by atoms with Gasteiger partial charge in [-0.25, -0.2) is 22.0 Å². The van der Waals surface area contributed by atoms with Gasteiger partial charge in [0.1, 0.15) is 4.49 Å². The molecular weight excluding hydrogens is 378 g/mol. The minimum Gasteiger partial charge on any atom is -0.549 e. The van der Waals surface area contributed by atoms with Gasteiger partial charge in [0, 0.05) is 16.9 Å². The van der Waals surface area contributed by atoms with Crippen molar-refractivity contribution in [1.29, 1.82) is 0 Å². The van der Waals surface area contributed by atoms with Gasteiger partial charge in [-0.15, -0.1) is 0 Å². The fourth-order valence-electron chi connectivity index (χ4n) is 3.26. The molecule has 1 aromatic rings. The molecule has 0 saturated heterocycles. The molecule has 0 spiro atoms. The van der Waals surface area contributed by atoms with E-state index < -0.39 is 63.8 Å². The number of rotatable bonds is 4. The summed E-state index contributed by atoms with van der Waals surface area (Å²) in [6, 6.07) is 0. The lowest BCUT2D eigenvalue weighted by Gasteiger charge is -2.23. The third kappa shape index (κ3) is 2.49. The monoisotopic (exact) mass is 387 g/mol. The molecule has 132 valence electrons. The molecule has 0 N–H and O–H groups in total. The Morgan fingerprint density at radius 2 is 1.46 bits per heavy atom. The molecule has 0 aromatic heterocycles. The molecule has 24 heavy (non-hydrogen) atoms. The molecule has 2 unspecified atom stereocenters. The van der Waals surface area contributed by atoms with Crippen molar-refractivity contribution in [2.45, 2.75) is 20.3 Å². The van der Waals surface area contributed by atoms with Crippen molar-refractivity contribution in [3.05, 3.63) is 45.2 Å². The number of benzene rings is 1. The van der Waals surface area contributed by atoms with E-state index in [0.29, 0.717) is 0 Å². The Labute approximate surface area is 143 Å². The van der Waals surface area contributed by atoms with Crippen LogP contribution in [0, 0.1) is 45.8 Å². The van der Waals surface area contributed by atoms with Gasteiger partial charge in [-0.2, -0.15) is 0 Å². The van der Waals surface area contributed by atoms with Crippen LogP contribution in [0.1, 0.15) is 19.4 Å². The zero-order valence-corrected chi connectivity index (χ0v) is 13.8. The van der Waals surface area contributed by atoms with Gasteiger partial charge in [-0.1, -0.05) is 37.0 Å². The highest BCUT2D eigenvalue weighted by atomic mass is 35.5. The molecule has 1 aliphatic rings. The molecule has 0 aliphatic heterocycles. The summed E-state index contributed by atoms with van der Waals surface area (Å²) < 4.78 is 67.2. The first-order chi connectivity index (χ1) is 10.9. The minimum atomic E-state index is -2.31. The summed E-state index contributed by atoms with van der Waals surface area (Å²) in [5, 5.41) is 11.6. The zero-order chi connectivity index (χ0) is 18.6. The van der Waals surface area contributed by atoms with E-state index in [4.69, 9.17) is 23.2 Å². The van der Waals surface area contributed by atoms with Crippen LogP contribution in [0.15, 0.2) is 10.6 Å². The third-order valence-electron chi connectivity index (χ3n) is 4.79. The number of halogens is 7. The number of carbonyl (C=O) groups excluding carboxylic acids is 1. The van der Waals surface area contributed by atoms with Gasteiger partial charge in [0.05, 0.1) is 0 Å².